The highest BCUT2D eigenvalue weighted by Gasteiger charge is 2.04. The van der Waals surface area contributed by atoms with Crippen LogP contribution in [0.1, 0.15) is 0 Å². The largest absolute Gasteiger partial charge is 0.352 e. The van der Waals surface area contributed by atoms with Crippen molar-refractivity contribution in [1.29, 1.82) is 0 Å². The van der Waals surface area contributed by atoms with E-state index in [1.54, 1.807) is 0 Å². The average molecular weight is 153 g/mol. The van der Waals surface area contributed by atoms with Crippen molar-refractivity contribution < 1.29 is 4.92 Å². The highest BCUT2D eigenvalue weighted by atomic mass is 16.6. The molecule has 1 radical (unpaired) electrons. The van der Waals surface area contributed by atoms with Crippen LogP contribution in [0.15, 0.2) is 12.4 Å². The van der Waals surface area contributed by atoms with Crippen molar-refractivity contribution in [3.8, 4) is 0 Å². The van der Waals surface area contributed by atoms with Gasteiger partial charge in [0.15, 0.2) is 0 Å². The van der Waals surface area contributed by atoms with Gasteiger partial charge in [0.05, 0.1) is 4.92 Å². The van der Waals surface area contributed by atoms with Gasteiger partial charge >= 0.3 is 5.69 Å². The Labute approximate surface area is 62.4 Å². The Kier molecular flexibility index (Phi) is 1.95. The Morgan fingerprint density at radius 1 is 1.55 bits per heavy atom. The first-order valence-corrected chi connectivity index (χ1v) is 2.73. The maximum absolute atomic E-state index is 10.1. The minimum absolute atomic E-state index is 0.135. The zero-order chi connectivity index (χ0) is 8.27. The van der Waals surface area contributed by atoms with E-state index >= 15 is 0 Å². The van der Waals surface area contributed by atoms with E-state index in [1.165, 1.54) is 0 Å². The maximum atomic E-state index is 10.1. The molecular formula is C5H5N4O2. The molecule has 1 rings (SSSR count). The van der Waals surface area contributed by atoms with Gasteiger partial charge < -0.3 is 5.32 Å². The van der Waals surface area contributed by atoms with Crippen LogP contribution in [-0.4, -0.2) is 14.9 Å². The third-order valence-electron chi connectivity index (χ3n) is 1.01. The smallest absolute Gasteiger partial charge is 0.305 e. The topological polar surface area (TPSA) is 81.0 Å². The number of hydrogen-bond donors (Lipinski definition) is 1. The van der Waals surface area contributed by atoms with E-state index in [0.717, 1.165) is 12.4 Å². The molecule has 0 unspecified atom stereocenters. The van der Waals surface area contributed by atoms with Crippen LogP contribution in [0.2, 0.25) is 0 Å². The number of anilines is 1. The zero-order valence-electron chi connectivity index (χ0n) is 5.52. The monoisotopic (exact) mass is 153 g/mol. The molecule has 0 fully saturated rings. The standard InChI is InChI=1S/C5H5N4O2/c1-6-5-7-2-4(3-8-5)9(10)11/h2-3H,1H2,(H,6,7,8). The third kappa shape index (κ3) is 1.60. The maximum Gasteiger partial charge on any atom is 0.305 e. The van der Waals surface area contributed by atoms with Crippen molar-refractivity contribution in [3.63, 3.8) is 0 Å². The van der Waals surface area contributed by atoms with Crippen molar-refractivity contribution in [2.24, 2.45) is 0 Å². The fraction of sp³-hybridized carbons (Fsp3) is 0. The Morgan fingerprint density at radius 2 is 2.09 bits per heavy atom. The van der Waals surface area contributed by atoms with E-state index in [2.05, 4.69) is 22.3 Å². The summed E-state index contributed by atoms with van der Waals surface area (Å²) >= 11 is 0. The molecule has 0 aliphatic carbocycles. The number of aromatic nitrogens is 2. The van der Waals surface area contributed by atoms with Crippen molar-refractivity contribution in [1.82, 2.24) is 9.97 Å². The van der Waals surface area contributed by atoms with Crippen molar-refractivity contribution in [2.75, 3.05) is 5.32 Å². The van der Waals surface area contributed by atoms with Crippen LogP contribution in [0.3, 0.4) is 0 Å². The van der Waals surface area contributed by atoms with Gasteiger partial charge in [0.25, 0.3) is 0 Å². The minimum atomic E-state index is -0.563. The van der Waals surface area contributed by atoms with Gasteiger partial charge in [0, 0.05) is 7.05 Å². The summed E-state index contributed by atoms with van der Waals surface area (Å²) in [5, 5.41) is 12.5. The van der Waals surface area contributed by atoms with Gasteiger partial charge in [0.1, 0.15) is 12.4 Å². The first kappa shape index (κ1) is 7.39. The summed E-state index contributed by atoms with van der Waals surface area (Å²) < 4.78 is 0. The minimum Gasteiger partial charge on any atom is -0.352 e. The second-order valence-corrected chi connectivity index (χ2v) is 1.70. The van der Waals surface area contributed by atoms with Crippen LogP contribution in [0, 0.1) is 17.2 Å². The fourth-order valence-electron chi connectivity index (χ4n) is 0.507. The number of nitrogens with one attached hydrogen (secondary N) is 1. The van der Waals surface area contributed by atoms with Gasteiger partial charge in [-0.3, -0.25) is 10.1 Å². The molecule has 57 valence electrons. The van der Waals surface area contributed by atoms with Crippen molar-refractivity contribution >= 4 is 11.6 Å². The fourth-order valence-corrected chi connectivity index (χ4v) is 0.507. The SMILES string of the molecule is [CH2]Nc1ncc([N+](=O)[O-])cn1. The summed E-state index contributed by atoms with van der Waals surface area (Å²) in [7, 11) is 3.29. The predicted molar refractivity (Wildman–Crippen MR) is 37.7 cm³/mol. The molecule has 0 saturated heterocycles. The molecule has 0 aliphatic heterocycles. The molecule has 0 amide bonds. The molecule has 0 atom stereocenters. The van der Waals surface area contributed by atoms with Crippen LogP contribution >= 0.6 is 0 Å². The van der Waals surface area contributed by atoms with E-state index in [1.807, 2.05) is 0 Å². The molecular weight excluding hydrogens is 148 g/mol. The van der Waals surface area contributed by atoms with Crippen molar-refractivity contribution in [2.45, 2.75) is 0 Å². The second-order valence-electron chi connectivity index (χ2n) is 1.70. The molecule has 11 heavy (non-hydrogen) atoms. The summed E-state index contributed by atoms with van der Waals surface area (Å²) in [6.07, 6.45) is 2.22. The molecule has 0 aliphatic rings. The number of nitrogens with zero attached hydrogens (tertiary/aromatic N) is 3. The van der Waals surface area contributed by atoms with Crippen LogP contribution < -0.4 is 5.32 Å². The molecule has 0 saturated carbocycles. The predicted octanol–water partition coefficient (Wildman–Crippen LogP) is 0.588. The van der Waals surface area contributed by atoms with Gasteiger partial charge in [-0.15, -0.1) is 0 Å². The summed E-state index contributed by atoms with van der Waals surface area (Å²) in [5.41, 5.74) is -0.135. The highest BCUT2D eigenvalue weighted by Crippen LogP contribution is 2.07. The summed E-state index contributed by atoms with van der Waals surface area (Å²) in [6.45, 7) is 0. The molecule has 6 nitrogen and oxygen atoms in total. The van der Waals surface area contributed by atoms with Gasteiger partial charge in [-0.25, -0.2) is 9.97 Å². The first-order valence-electron chi connectivity index (χ1n) is 2.73. The Hall–Kier alpha value is -1.72. The normalized spacial score (nSPS) is 9.18. The number of rotatable bonds is 2. The van der Waals surface area contributed by atoms with Gasteiger partial charge in [-0.05, 0) is 0 Å². The summed E-state index contributed by atoms with van der Waals surface area (Å²) in [5.74, 6) is 0.260. The molecule has 0 bridgehead atoms. The Morgan fingerprint density at radius 3 is 2.45 bits per heavy atom. The van der Waals surface area contributed by atoms with E-state index < -0.39 is 4.92 Å². The molecule has 0 spiro atoms. The molecule has 0 aromatic carbocycles. The number of nitro groups is 1. The van der Waals surface area contributed by atoms with Crippen LogP contribution in [0.25, 0.3) is 0 Å². The molecule has 6 heteroatoms. The zero-order valence-corrected chi connectivity index (χ0v) is 5.52. The lowest BCUT2D eigenvalue weighted by molar-refractivity contribution is -0.385. The summed E-state index contributed by atoms with van der Waals surface area (Å²) in [4.78, 5) is 16.7. The molecule has 1 aromatic rings. The number of hydrogen-bond acceptors (Lipinski definition) is 5. The van der Waals surface area contributed by atoms with Crippen LogP contribution in [0.5, 0.6) is 0 Å². The lowest BCUT2D eigenvalue weighted by Crippen LogP contribution is -1.95. The van der Waals surface area contributed by atoms with E-state index in [4.69, 9.17) is 0 Å². The molecule has 1 N–H and O–H groups in total. The average Bonchev–Trinajstić information content (AvgIpc) is 2.05. The molecule has 1 heterocycles. The van der Waals surface area contributed by atoms with Gasteiger partial charge in [-0.2, -0.15) is 0 Å². The van der Waals surface area contributed by atoms with Crippen LogP contribution in [0.4, 0.5) is 11.6 Å². The summed E-state index contributed by atoms with van der Waals surface area (Å²) in [6, 6.07) is 0. The first-order chi connectivity index (χ1) is 5.24. The quantitative estimate of drug-likeness (QED) is 0.496. The third-order valence-corrected chi connectivity index (χ3v) is 1.01. The lowest BCUT2D eigenvalue weighted by atomic mass is 10.6. The van der Waals surface area contributed by atoms with E-state index in [9.17, 15) is 10.1 Å². The van der Waals surface area contributed by atoms with E-state index in [0.29, 0.717) is 0 Å². The second kappa shape index (κ2) is 2.91. The molecule has 1 aromatic heterocycles. The highest BCUT2D eigenvalue weighted by molar-refractivity contribution is 5.30. The Bertz CT molecular complexity index is 258. The van der Waals surface area contributed by atoms with Gasteiger partial charge in [-0.1, -0.05) is 0 Å². The van der Waals surface area contributed by atoms with E-state index in [-0.39, 0.29) is 11.6 Å². The van der Waals surface area contributed by atoms with Crippen LogP contribution in [-0.2, 0) is 0 Å². The van der Waals surface area contributed by atoms with Crippen molar-refractivity contribution in [3.05, 3.63) is 29.6 Å². The van der Waals surface area contributed by atoms with Gasteiger partial charge in [0.2, 0.25) is 5.95 Å². The Balaban J connectivity index is 2.91. The lowest BCUT2D eigenvalue weighted by Gasteiger charge is -1.93.